The van der Waals surface area contributed by atoms with Crippen LogP contribution in [0.2, 0.25) is 0 Å². The van der Waals surface area contributed by atoms with E-state index in [-0.39, 0.29) is 11.9 Å². The van der Waals surface area contributed by atoms with Gasteiger partial charge in [0.25, 0.3) is 5.91 Å². The van der Waals surface area contributed by atoms with Crippen molar-refractivity contribution >= 4 is 28.2 Å². The van der Waals surface area contributed by atoms with E-state index < -0.39 is 0 Å². The standard InChI is InChI=1S/C13H22N4OS/c1-7(2)15-13-16-11(14)10(19-13)12(18)17-5-8(3)9(4)6-17/h7-9H,5-6,14H2,1-4H3,(H,15,16). The van der Waals surface area contributed by atoms with Crippen LogP contribution in [0.5, 0.6) is 0 Å². The van der Waals surface area contributed by atoms with Crippen LogP contribution in [0.4, 0.5) is 10.9 Å². The molecule has 106 valence electrons. The second-order valence-electron chi connectivity index (χ2n) is 5.70. The van der Waals surface area contributed by atoms with Crippen molar-refractivity contribution in [2.45, 2.75) is 33.7 Å². The van der Waals surface area contributed by atoms with E-state index in [1.165, 1.54) is 11.3 Å². The van der Waals surface area contributed by atoms with Crippen LogP contribution < -0.4 is 11.1 Å². The lowest BCUT2D eigenvalue weighted by atomic mass is 10.0. The lowest BCUT2D eigenvalue weighted by Crippen LogP contribution is -2.28. The molecule has 1 aromatic rings. The average molecular weight is 282 g/mol. The number of aromatic nitrogens is 1. The Morgan fingerprint density at radius 1 is 1.42 bits per heavy atom. The normalized spacial score (nSPS) is 23.1. The van der Waals surface area contributed by atoms with Crippen LogP contribution in [0.25, 0.3) is 0 Å². The second kappa shape index (κ2) is 5.36. The van der Waals surface area contributed by atoms with Crippen molar-refractivity contribution in [1.82, 2.24) is 9.88 Å². The van der Waals surface area contributed by atoms with Crippen LogP contribution in [0.1, 0.15) is 37.4 Å². The molecule has 3 N–H and O–H groups in total. The first-order valence-electron chi connectivity index (χ1n) is 6.70. The Morgan fingerprint density at radius 3 is 2.53 bits per heavy atom. The number of carbonyl (C=O) groups is 1. The minimum absolute atomic E-state index is 0.0167. The van der Waals surface area contributed by atoms with Gasteiger partial charge in [0, 0.05) is 19.1 Å². The SMILES string of the molecule is CC(C)Nc1nc(N)c(C(=O)N2CC(C)C(C)C2)s1. The zero-order valence-electron chi connectivity index (χ0n) is 11.9. The predicted octanol–water partition coefficient (Wildman–Crippen LogP) is 2.27. The molecule has 0 aromatic carbocycles. The lowest BCUT2D eigenvalue weighted by molar-refractivity contribution is 0.0790. The lowest BCUT2D eigenvalue weighted by Gasteiger charge is -2.14. The van der Waals surface area contributed by atoms with Crippen LogP contribution in [0, 0.1) is 11.8 Å². The molecule has 0 bridgehead atoms. The summed E-state index contributed by atoms with van der Waals surface area (Å²) >= 11 is 1.35. The molecule has 1 aromatic heterocycles. The number of nitrogen functional groups attached to an aromatic ring is 1. The Morgan fingerprint density at radius 2 is 2.00 bits per heavy atom. The van der Waals surface area contributed by atoms with E-state index in [0.29, 0.717) is 22.5 Å². The highest BCUT2D eigenvalue weighted by atomic mass is 32.1. The number of hydrogen-bond donors (Lipinski definition) is 2. The summed E-state index contributed by atoms with van der Waals surface area (Å²) in [5.41, 5.74) is 5.87. The maximum atomic E-state index is 12.4. The van der Waals surface area contributed by atoms with Crippen molar-refractivity contribution in [3.05, 3.63) is 4.88 Å². The number of nitrogens with zero attached hydrogens (tertiary/aromatic N) is 2. The van der Waals surface area contributed by atoms with E-state index in [1.54, 1.807) is 0 Å². The van der Waals surface area contributed by atoms with Crippen LogP contribution in [-0.2, 0) is 0 Å². The highest BCUT2D eigenvalue weighted by Gasteiger charge is 2.32. The van der Waals surface area contributed by atoms with E-state index in [9.17, 15) is 4.79 Å². The number of amides is 1. The molecule has 1 aliphatic rings. The Kier molecular flexibility index (Phi) is 3.99. The van der Waals surface area contributed by atoms with Gasteiger partial charge < -0.3 is 16.0 Å². The molecule has 19 heavy (non-hydrogen) atoms. The fourth-order valence-electron chi connectivity index (χ4n) is 2.23. The van der Waals surface area contributed by atoms with Crippen molar-refractivity contribution in [2.24, 2.45) is 11.8 Å². The van der Waals surface area contributed by atoms with Crippen molar-refractivity contribution in [3.63, 3.8) is 0 Å². The smallest absolute Gasteiger partial charge is 0.267 e. The largest absolute Gasteiger partial charge is 0.382 e. The first-order valence-corrected chi connectivity index (χ1v) is 7.52. The Balaban J connectivity index is 2.13. The zero-order valence-corrected chi connectivity index (χ0v) is 12.8. The van der Waals surface area contributed by atoms with Gasteiger partial charge in [0.05, 0.1) is 0 Å². The van der Waals surface area contributed by atoms with Gasteiger partial charge >= 0.3 is 0 Å². The van der Waals surface area contributed by atoms with Crippen molar-refractivity contribution < 1.29 is 4.79 Å². The third kappa shape index (κ3) is 3.00. The highest BCUT2D eigenvalue weighted by Crippen LogP contribution is 2.30. The molecular formula is C13H22N4OS. The summed E-state index contributed by atoms with van der Waals surface area (Å²) < 4.78 is 0. The third-order valence-electron chi connectivity index (χ3n) is 3.54. The summed E-state index contributed by atoms with van der Waals surface area (Å²) in [5, 5.41) is 3.90. The molecule has 0 spiro atoms. The molecule has 0 radical (unpaired) electrons. The van der Waals surface area contributed by atoms with Crippen LogP contribution in [0.3, 0.4) is 0 Å². The number of rotatable bonds is 3. The number of anilines is 2. The number of thiazole rings is 1. The fourth-order valence-corrected chi connectivity index (χ4v) is 3.23. The molecule has 5 nitrogen and oxygen atoms in total. The maximum absolute atomic E-state index is 12.4. The zero-order chi connectivity index (χ0) is 14.2. The Hall–Kier alpha value is -1.30. The minimum Gasteiger partial charge on any atom is -0.382 e. The maximum Gasteiger partial charge on any atom is 0.267 e. The van der Waals surface area contributed by atoms with Gasteiger partial charge in [0.1, 0.15) is 10.7 Å². The van der Waals surface area contributed by atoms with Crippen LogP contribution in [0.15, 0.2) is 0 Å². The van der Waals surface area contributed by atoms with Gasteiger partial charge in [-0.2, -0.15) is 0 Å². The van der Waals surface area contributed by atoms with Crippen molar-refractivity contribution in [1.29, 1.82) is 0 Å². The quantitative estimate of drug-likeness (QED) is 0.892. The molecule has 2 heterocycles. The predicted molar refractivity (Wildman–Crippen MR) is 79.5 cm³/mol. The minimum atomic E-state index is 0.0167. The fraction of sp³-hybridized carbons (Fsp3) is 0.692. The summed E-state index contributed by atoms with van der Waals surface area (Å²) in [5.74, 6) is 1.45. The van der Waals surface area contributed by atoms with E-state index in [4.69, 9.17) is 5.73 Å². The van der Waals surface area contributed by atoms with E-state index in [0.717, 1.165) is 18.2 Å². The first kappa shape index (κ1) is 14.1. The van der Waals surface area contributed by atoms with Crippen LogP contribution >= 0.6 is 11.3 Å². The van der Waals surface area contributed by atoms with Gasteiger partial charge in [-0.1, -0.05) is 25.2 Å². The van der Waals surface area contributed by atoms with Crippen molar-refractivity contribution in [3.8, 4) is 0 Å². The number of nitrogens with one attached hydrogen (secondary N) is 1. The average Bonchev–Trinajstić information content (AvgIpc) is 2.82. The number of likely N-dealkylation sites (tertiary alicyclic amines) is 1. The molecule has 1 saturated heterocycles. The number of carbonyl (C=O) groups excluding carboxylic acids is 1. The summed E-state index contributed by atoms with van der Waals surface area (Å²) in [6.07, 6.45) is 0. The Bertz CT molecular complexity index is 461. The van der Waals surface area contributed by atoms with Gasteiger partial charge in [-0.05, 0) is 25.7 Å². The summed E-state index contributed by atoms with van der Waals surface area (Å²) in [6, 6.07) is 0.278. The highest BCUT2D eigenvalue weighted by molar-refractivity contribution is 7.18. The van der Waals surface area contributed by atoms with Crippen LogP contribution in [-0.4, -0.2) is 34.9 Å². The molecular weight excluding hydrogens is 260 g/mol. The topological polar surface area (TPSA) is 71.2 Å². The molecule has 0 aliphatic carbocycles. The van der Waals surface area contributed by atoms with E-state index in [1.807, 2.05) is 18.7 Å². The summed E-state index contributed by atoms with van der Waals surface area (Å²) in [6.45, 7) is 10.0. The third-order valence-corrected chi connectivity index (χ3v) is 4.53. The summed E-state index contributed by atoms with van der Waals surface area (Å²) in [4.78, 5) is 19.1. The number of hydrogen-bond acceptors (Lipinski definition) is 5. The van der Waals surface area contributed by atoms with Gasteiger partial charge in [-0.15, -0.1) is 0 Å². The van der Waals surface area contributed by atoms with Gasteiger partial charge in [0.15, 0.2) is 5.13 Å². The van der Waals surface area contributed by atoms with Gasteiger partial charge in [-0.25, -0.2) is 4.98 Å². The van der Waals surface area contributed by atoms with Gasteiger partial charge in [-0.3, -0.25) is 4.79 Å². The van der Waals surface area contributed by atoms with E-state index in [2.05, 4.69) is 24.1 Å². The van der Waals surface area contributed by atoms with Crippen molar-refractivity contribution in [2.75, 3.05) is 24.1 Å². The number of nitrogens with two attached hydrogens (primary N) is 1. The first-order chi connectivity index (χ1) is 8.88. The van der Waals surface area contributed by atoms with Gasteiger partial charge in [0.2, 0.25) is 0 Å². The molecule has 0 saturated carbocycles. The molecule has 1 amide bonds. The monoisotopic (exact) mass is 282 g/mol. The molecule has 2 atom stereocenters. The molecule has 2 rings (SSSR count). The second-order valence-corrected chi connectivity index (χ2v) is 6.70. The Labute approximate surface area is 118 Å². The molecule has 1 aliphatic heterocycles. The van der Waals surface area contributed by atoms with E-state index >= 15 is 0 Å². The molecule has 1 fully saturated rings. The molecule has 6 heteroatoms. The summed E-state index contributed by atoms with van der Waals surface area (Å²) in [7, 11) is 0. The molecule has 2 unspecified atom stereocenters.